The molecule has 1 amide bonds. The maximum Gasteiger partial charge on any atom is 0.412 e. The number of carbonyl (C=O) groups is 1. The van der Waals surface area contributed by atoms with Gasteiger partial charge >= 0.3 is 6.18 Å². The monoisotopic (exact) mass is 292 g/mol. The van der Waals surface area contributed by atoms with E-state index in [2.05, 4.69) is 0 Å². The molecule has 0 spiro atoms. The van der Waals surface area contributed by atoms with Gasteiger partial charge in [-0.05, 0) is 18.3 Å². The lowest BCUT2D eigenvalue weighted by Crippen LogP contribution is -2.43. The van der Waals surface area contributed by atoms with E-state index in [4.69, 9.17) is 5.73 Å². The summed E-state index contributed by atoms with van der Waals surface area (Å²) in [7, 11) is 0. The highest BCUT2D eigenvalue weighted by molar-refractivity contribution is 5.79. The van der Waals surface area contributed by atoms with E-state index in [9.17, 15) is 18.0 Å². The van der Waals surface area contributed by atoms with Gasteiger partial charge in [-0.15, -0.1) is 0 Å². The molecule has 3 nitrogen and oxygen atoms in total. The van der Waals surface area contributed by atoms with E-state index >= 15 is 0 Å². The molecule has 0 aliphatic carbocycles. The summed E-state index contributed by atoms with van der Waals surface area (Å²) in [6.07, 6.45) is -2.68. The van der Waals surface area contributed by atoms with Crippen LogP contribution in [0.4, 0.5) is 13.2 Å². The Kier molecular flexibility index (Phi) is 5.24. The van der Waals surface area contributed by atoms with Crippen LogP contribution >= 0.6 is 0 Å². The summed E-state index contributed by atoms with van der Waals surface area (Å²) in [5.41, 5.74) is 5.06. The van der Waals surface area contributed by atoms with Crippen LogP contribution in [0.15, 0.2) is 11.6 Å². The molecule has 0 aromatic carbocycles. The zero-order valence-electron chi connectivity index (χ0n) is 12.3. The molecule has 0 bridgehead atoms. The van der Waals surface area contributed by atoms with Gasteiger partial charge in [0.25, 0.3) is 0 Å². The quantitative estimate of drug-likeness (QED) is 0.813. The Morgan fingerprint density at radius 1 is 1.40 bits per heavy atom. The summed E-state index contributed by atoms with van der Waals surface area (Å²) in [6, 6.07) is 0. The Balaban J connectivity index is 2.68. The molecule has 0 aromatic heterocycles. The lowest BCUT2D eigenvalue weighted by molar-refractivity contribution is -0.137. The Bertz CT molecular complexity index is 383. The lowest BCUT2D eigenvalue weighted by Gasteiger charge is -2.32. The number of hydrogen-bond acceptors (Lipinski definition) is 2. The van der Waals surface area contributed by atoms with Crippen molar-refractivity contribution in [1.82, 2.24) is 4.90 Å². The van der Waals surface area contributed by atoms with Crippen LogP contribution in [0.3, 0.4) is 0 Å². The molecular weight excluding hydrogens is 269 g/mol. The second kappa shape index (κ2) is 6.16. The predicted octanol–water partition coefficient (Wildman–Crippen LogP) is 2.72. The van der Waals surface area contributed by atoms with Gasteiger partial charge in [0.15, 0.2) is 0 Å². The topological polar surface area (TPSA) is 46.3 Å². The fraction of sp³-hybridized carbons (Fsp3) is 0.786. The second-order valence-corrected chi connectivity index (χ2v) is 6.46. The molecule has 1 rings (SSSR count). The minimum absolute atomic E-state index is 0.0221. The third-order valence-corrected chi connectivity index (χ3v) is 3.38. The number of nitrogens with zero attached hydrogens (tertiary/aromatic N) is 1. The van der Waals surface area contributed by atoms with Crippen molar-refractivity contribution >= 4 is 5.91 Å². The maximum absolute atomic E-state index is 12.5. The van der Waals surface area contributed by atoms with Crippen LogP contribution in [0.2, 0.25) is 0 Å². The third-order valence-electron chi connectivity index (χ3n) is 3.38. The van der Waals surface area contributed by atoms with Crippen molar-refractivity contribution in [2.75, 3.05) is 19.6 Å². The Morgan fingerprint density at radius 2 is 2.00 bits per heavy atom. The van der Waals surface area contributed by atoms with Gasteiger partial charge in [-0.25, -0.2) is 0 Å². The van der Waals surface area contributed by atoms with Crippen LogP contribution in [-0.4, -0.2) is 36.6 Å². The zero-order chi connectivity index (χ0) is 15.6. The molecule has 1 heterocycles. The van der Waals surface area contributed by atoms with Gasteiger partial charge in [-0.3, -0.25) is 4.79 Å². The summed E-state index contributed by atoms with van der Waals surface area (Å²) in [6.45, 7) is 6.41. The van der Waals surface area contributed by atoms with E-state index < -0.39 is 11.7 Å². The van der Waals surface area contributed by atoms with Gasteiger partial charge in [0.05, 0.1) is 5.92 Å². The minimum atomic E-state index is -4.28. The van der Waals surface area contributed by atoms with Gasteiger partial charge in [0, 0.05) is 25.2 Å². The molecular formula is C14H23F3N2O. The first-order valence-electron chi connectivity index (χ1n) is 6.79. The Labute approximate surface area is 118 Å². The molecule has 0 radical (unpaired) electrons. The van der Waals surface area contributed by atoms with Crippen molar-refractivity contribution < 1.29 is 18.0 Å². The van der Waals surface area contributed by atoms with E-state index in [0.29, 0.717) is 6.42 Å². The number of halogens is 3. The number of rotatable bonds is 3. The Hall–Kier alpha value is -1.04. The molecule has 1 aliphatic heterocycles. The highest BCUT2D eigenvalue weighted by Crippen LogP contribution is 2.31. The fourth-order valence-corrected chi connectivity index (χ4v) is 2.40. The highest BCUT2D eigenvalue weighted by atomic mass is 19.4. The second-order valence-electron chi connectivity index (χ2n) is 6.46. The smallest absolute Gasteiger partial charge is 0.338 e. The first-order chi connectivity index (χ1) is 9.04. The zero-order valence-corrected chi connectivity index (χ0v) is 12.3. The van der Waals surface area contributed by atoms with Crippen molar-refractivity contribution in [3.63, 3.8) is 0 Å². The standard InChI is InChI=1S/C14H23F3N2O/c1-13(2,3)8-10(9-18)12(20)19-6-4-11(5-7-19)14(15,16)17/h4,10H,5-9,18H2,1-3H3. The molecule has 1 aliphatic rings. The molecule has 1 atom stereocenters. The maximum atomic E-state index is 12.5. The summed E-state index contributed by atoms with van der Waals surface area (Å²) >= 11 is 0. The van der Waals surface area contributed by atoms with Crippen molar-refractivity contribution in [3.8, 4) is 0 Å². The molecule has 20 heavy (non-hydrogen) atoms. The number of nitrogens with two attached hydrogens (primary N) is 1. The molecule has 116 valence electrons. The summed E-state index contributed by atoms with van der Waals surface area (Å²) in [5, 5.41) is 0. The third kappa shape index (κ3) is 4.81. The SMILES string of the molecule is CC(C)(C)CC(CN)C(=O)N1CC=C(C(F)(F)F)CC1. The van der Waals surface area contributed by atoms with Crippen molar-refractivity contribution in [2.24, 2.45) is 17.1 Å². The lowest BCUT2D eigenvalue weighted by atomic mass is 9.84. The van der Waals surface area contributed by atoms with E-state index in [1.54, 1.807) is 0 Å². The number of amides is 1. The summed E-state index contributed by atoms with van der Waals surface area (Å²) in [5.74, 6) is -0.462. The van der Waals surface area contributed by atoms with Crippen LogP contribution in [0, 0.1) is 11.3 Å². The first kappa shape index (κ1) is 17.0. The van der Waals surface area contributed by atoms with E-state index in [1.165, 1.54) is 4.90 Å². The summed E-state index contributed by atoms with van der Waals surface area (Å²) in [4.78, 5) is 13.8. The van der Waals surface area contributed by atoms with Crippen LogP contribution in [0.5, 0.6) is 0 Å². The van der Waals surface area contributed by atoms with Crippen LogP contribution in [0.1, 0.15) is 33.6 Å². The van der Waals surface area contributed by atoms with E-state index in [-0.39, 0.29) is 43.3 Å². The minimum Gasteiger partial charge on any atom is -0.338 e. The van der Waals surface area contributed by atoms with Crippen molar-refractivity contribution in [1.29, 1.82) is 0 Å². The van der Waals surface area contributed by atoms with Gasteiger partial charge in [-0.2, -0.15) is 13.2 Å². The normalized spacial score (nSPS) is 18.8. The van der Waals surface area contributed by atoms with Crippen LogP contribution in [0.25, 0.3) is 0 Å². The average molecular weight is 292 g/mol. The molecule has 0 fully saturated rings. The molecule has 0 saturated heterocycles. The molecule has 2 N–H and O–H groups in total. The van der Waals surface area contributed by atoms with Crippen LogP contribution in [-0.2, 0) is 4.79 Å². The molecule has 1 unspecified atom stereocenters. The average Bonchev–Trinajstić information content (AvgIpc) is 2.33. The number of alkyl halides is 3. The van der Waals surface area contributed by atoms with Gasteiger partial charge in [-0.1, -0.05) is 26.8 Å². The van der Waals surface area contributed by atoms with Gasteiger partial charge in [0.1, 0.15) is 0 Å². The van der Waals surface area contributed by atoms with Gasteiger partial charge in [0.2, 0.25) is 5.91 Å². The molecule has 6 heteroatoms. The summed E-state index contributed by atoms with van der Waals surface area (Å²) < 4.78 is 37.6. The first-order valence-corrected chi connectivity index (χ1v) is 6.79. The van der Waals surface area contributed by atoms with Crippen molar-refractivity contribution in [2.45, 2.75) is 39.8 Å². The molecule has 0 saturated carbocycles. The van der Waals surface area contributed by atoms with Crippen molar-refractivity contribution in [3.05, 3.63) is 11.6 Å². The molecule has 0 aromatic rings. The van der Waals surface area contributed by atoms with Gasteiger partial charge < -0.3 is 10.6 Å². The number of hydrogen-bond donors (Lipinski definition) is 1. The van der Waals surface area contributed by atoms with Crippen LogP contribution < -0.4 is 5.73 Å². The Morgan fingerprint density at radius 3 is 2.35 bits per heavy atom. The largest absolute Gasteiger partial charge is 0.412 e. The predicted molar refractivity (Wildman–Crippen MR) is 72.0 cm³/mol. The number of carbonyl (C=O) groups excluding carboxylic acids is 1. The fourth-order valence-electron chi connectivity index (χ4n) is 2.40. The highest BCUT2D eigenvalue weighted by Gasteiger charge is 2.36. The van der Waals surface area contributed by atoms with E-state index in [1.807, 2.05) is 20.8 Å². The van der Waals surface area contributed by atoms with E-state index in [0.717, 1.165) is 6.08 Å².